The molecule has 0 spiro atoms. The summed E-state index contributed by atoms with van der Waals surface area (Å²) < 4.78 is 12.8. The number of ether oxygens (including phenoxy) is 2. The summed E-state index contributed by atoms with van der Waals surface area (Å²) in [6.45, 7) is 3.79. The Labute approximate surface area is 218 Å². The predicted octanol–water partition coefficient (Wildman–Crippen LogP) is 3.40. The Morgan fingerprint density at radius 2 is 1.89 bits per heavy atom. The molecule has 3 aliphatic heterocycles. The van der Waals surface area contributed by atoms with Crippen LogP contribution in [0.15, 0.2) is 58.2 Å². The van der Waals surface area contributed by atoms with Gasteiger partial charge in [-0.15, -0.1) is 11.8 Å². The van der Waals surface area contributed by atoms with E-state index in [1.165, 1.54) is 11.8 Å². The number of amides is 2. The highest BCUT2D eigenvalue weighted by Gasteiger charge is 2.34. The van der Waals surface area contributed by atoms with Crippen molar-refractivity contribution in [1.29, 1.82) is 0 Å². The second kappa shape index (κ2) is 9.75. The zero-order chi connectivity index (χ0) is 25.5. The fourth-order valence-corrected chi connectivity index (χ4v) is 6.05. The van der Waals surface area contributed by atoms with E-state index < -0.39 is 0 Å². The molecular weight excluding hydrogens is 492 g/mol. The van der Waals surface area contributed by atoms with Gasteiger partial charge < -0.3 is 24.3 Å². The number of benzene rings is 2. The van der Waals surface area contributed by atoms with Gasteiger partial charge >= 0.3 is 6.09 Å². The van der Waals surface area contributed by atoms with E-state index in [0.717, 1.165) is 59.0 Å². The fraction of sp³-hybridized carbons (Fsp3) is 0.370. The summed E-state index contributed by atoms with van der Waals surface area (Å²) >= 11 is 1.50. The van der Waals surface area contributed by atoms with Crippen LogP contribution in [0, 0.1) is 5.92 Å². The molecule has 1 atom stereocenters. The Morgan fingerprint density at radius 1 is 1.05 bits per heavy atom. The summed E-state index contributed by atoms with van der Waals surface area (Å²) in [4.78, 5) is 41.8. The van der Waals surface area contributed by atoms with Crippen molar-refractivity contribution in [3.63, 3.8) is 0 Å². The van der Waals surface area contributed by atoms with Crippen molar-refractivity contribution in [3.8, 4) is 5.75 Å². The van der Waals surface area contributed by atoms with Gasteiger partial charge in [0.1, 0.15) is 11.9 Å². The van der Waals surface area contributed by atoms with Crippen molar-refractivity contribution >= 4 is 46.0 Å². The lowest BCUT2D eigenvalue weighted by atomic mass is 9.99. The van der Waals surface area contributed by atoms with Crippen molar-refractivity contribution < 1.29 is 19.1 Å². The van der Waals surface area contributed by atoms with E-state index in [2.05, 4.69) is 10.2 Å². The van der Waals surface area contributed by atoms with Gasteiger partial charge in [-0.25, -0.2) is 4.79 Å². The van der Waals surface area contributed by atoms with Crippen LogP contribution in [0.3, 0.4) is 0 Å². The van der Waals surface area contributed by atoms with Crippen LogP contribution >= 0.6 is 11.8 Å². The van der Waals surface area contributed by atoms with Crippen LogP contribution in [0.1, 0.15) is 6.42 Å². The third-order valence-corrected chi connectivity index (χ3v) is 8.30. The minimum absolute atomic E-state index is 0.00231. The van der Waals surface area contributed by atoms with E-state index >= 15 is 0 Å². The molecular formula is C27H28N4O5S. The molecule has 1 aromatic heterocycles. The number of nitrogens with zero attached hydrogens (tertiary/aromatic N) is 3. The number of carbonyl (C=O) groups excluding carboxylic acids is 2. The lowest BCUT2D eigenvalue weighted by Gasteiger charge is -2.40. The normalized spacial score (nSPS) is 19.9. The molecule has 0 aliphatic carbocycles. The van der Waals surface area contributed by atoms with Crippen LogP contribution in [0.4, 0.5) is 16.2 Å². The van der Waals surface area contributed by atoms with Crippen molar-refractivity contribution in [2.45, 2.75) is 24.0 Å². The van der Waals surface area contributed by atoms with Crippen molar-refractivity contribution in [2.24, 2.45) is 5.92 Å². The molecule has 2 fully saturated rings. The Hall–Kier alpha value is -3.50. The summed E-state index contributed by atoms with van der Waals surface area (Å²) in [6.07, 6.45) is 0.212. The third kappa shape index (κ3) is 4.78. The van der Waals surface area contributed by atoms with Gasteiger partial charge in [-0.1, -0.05) is 0 Å². The van der Waals surface area contributed by atoms with Crippen LogP contribution in [-0.4, -0.2) is 66.6 Å². The number of carbonyl (C=O) groups is 2. The molecule has 0 bridgehead atoms. The van der Waals surface area contributed by atoms with Gasteiger partial charge in [0, 0.05) is 54.8 Å². The van der Waals surface area contributed by atoms with Gasteiger partial charge in [0.05, 0.1) is 30.6 Å². The Bertz CT molecular complexity index is 1430. The van der Waals surface area contributed by atoms with Gasteiger partial charge in [0.15, 0.2) is 0 Å². The first-order valence-corrected chi connectivity index (χ1v) is 13.4. The Balaban J connectivity index is 1.02. The topological polar surface area (TPSA) is 93.1 Å². The van der Waals surface area contributed by atoms with E-state index in [4.69, 9.17) is 9.47 Å². The standard InChI is InChI=1S/C27H28N4O5S/c1-35-20-5-2-18-3-7-26(33)31(23(18)11-20)14-17-12-29(13-17)9-8-21-15-30(27(34)36-21)19-4-6-24-22(10-19)28-25(32)16-37-24/h2-7,10-11,17,21H,8-9,12-16H2,1H3,(H,28,32)/t21-/m1/s1. The number of methoxy groups -OCH3 is 1. The second-order valence-corrected chi connectivity index (χ2v) is 10.8. The molecule has 1 N–H and O–H groups in total. The molecule has 3 aliphatic rings. The number of hydrogen-bond acceptors (Lipinski definition) is 7. The molecule has 192 valence electrons. The number of aromatic nitrogens is 1. The van der Waals surface area contributed by atoms with Gasteiger partial charge in [0.25, 0.3) is 5.56 Å². The maximum absolute atomic E-state index is 12.6. The summed E-state index contributed by atoms with van der Waals surface area (Å²) in [5.41, 5.74) is 2.36. The predicted molar refractivity (Wildman–Crippen MR) is 143 cm³/mol. The van der Waals surface area contributed by atoms with Crippen LogP contribution in [0.25, 0.3) is 10.9 Å². The number of anilines is 2. The number of hydrogen-bond donors (Lipinski definition) is 1. The highest BCUT2D eigenvalue weighted by molar-refractivity contribution is 8.00. The smallest absolute Gasteiger partial charge is 0.414 e. The lowest BCUT2D eigenvalue weighted by molar-refractivity contribution is -0.113. The zero-order valence-corrected chi connectivity index (χ0v) is 21.3. The Kier molecular flexibility index (Phi) is 6.29. The maximum Gasteiger partial charge on any atom is 0.414 e. The summed E-state index contributed by atoms with van der Waals surface area (Å²) in [7, 11) is 1.63. The molecule has 0 radical (unpaired) electrons. The highest BCUT2D eigenvalue weighted by atomic mass is 32.2. The van der Waals surface area contributed by atoms with E-state index in [0.29, 0.717) is 24.8 Å². The average Bonchev–Trinajstić information content (AvgIpc) is 3.25. The van der Waals surface area contributed by atoms with E-state index in [-0.39, 0.29) is 23.7 Å². The van der Waals surface area contributed by atoms with Crippen molar-refractivity contribution in [2.75, 3.05) is 49.3 Å². The number of fused-ring (bicyclic) bond motifs is 2. The number of likely N-dealkylation sites (tertiary alicyclic amines) is 1. The zero-order valence-electron chi connectivity index (χ0n) is 20.5. The monoisotopic (exact) mass is 520 g/mol. The third-order valence-electron chi connectivity index (χ3n) is 7.22. The molecule has 9 nitrogen and oxygen atoms in total. The highest BCUT2D eigenvalue weighted by Crippen LogP contribution is 2.35. The largest absolute Gasteiger partial charge is 0.497 e. The van der Waals surface area contributed by atoms with Crippen molar-refractivity contribution in [1.82, 2.24) is 9.47 Å². The molecule has 6 rings (SSSR count). The first-order valence-electron chi connectivity index (χ1n) is 12.4. The summed E-state index contributed by atoms with van der Waals surface area (Å²) in [6, 6.07) is 15.0. The quantitative estimate of drug-likeness (QED) is 0.510. The van der Waals surface area contributed by atoms with Gasteiger partial charge in [0.2, 0.25) is 5.91 Å². The minimum atomic E-state index is -0.355. The lowest BCUT2D eigenvalue weighted by Crippen LogP contribution is -2.50. The molecule has 2 saturated heterocycles. The van der Waals surface area contributed by atoms with Gasteiger partial charge in [-0.05, 0) is 48.2 Å². The number of thioether (sulfide) groups is 1. The van der Waals surface area contributed by atoms with Gasteiger partial charge in [-0.2, -0.15) is 0 Å². The first kappa shape index (κ1) is 23.9. The molecule has 0 saturated carbocycles. The van der Waals surface area contributed by atoms with Crippen LogP contribution in [-0.2, 0) is 16.1 Å². The van der Waals surface area contributed by atoms with Gasteiger partial charge in [-0.3, -0.25) is 14.5 Å². The van der Waals surface area contributed by atoms with Crippen LogP contribution in [0.5, 0.6) is 5.75 Å². The number of rotatable bonds is 7. The van der Waals surface area contributed by atoms with Crippen LogP contribution < -0.4 is 20.5 Å². The molecule has 2 aromatic carbocycles. The van der Waals surface area contributed by atoms with E-state index in [1.807, 2.05) is 47.0 Å². The fourth-order valence-electron chi connectivity index (χ4n) is 5.26. The molecule has 3 aromatic rings. The number of pyridine rings is 1. The average molecular weight is 521 g/mol. The molecule has 10 heteroatoms. The molecule has 37 heavy (non-hydrogen) atoms. The minimum Gasteiger partial charge on any atom is -0.497 e. The molecule has 0 unspecified atom stereocenters. The van der Waals surface area contributed by atoms with E-state index in [1.54, 1.807) is 18.1 Å². The summed E-state index contributed by atoms with van der Waals surface area (Å²) in [5.74, 6) is 1.50. The van der Waals surface area contributed by atoms with Crippen LogP contribution in [0.2, 0.25) is 0 Å². The first-order chi connectivity index (χ1) is 18.0. The van der Waals surface area contributed by atoms with E-state index in [9.17, 15) is 14.4 Å². The SMILES string of the molecule is COc1ccc2ccc(=O)n(CC3CN(CC[C@@H]4CN(c5ccc6c(c5)NC(=O)CS6)C(=O)O4)C3)c2c1. The second-order valence-electron chi connectivity index (χ2n) is 9.75. The maximum atomic E-state index is 12.6. The molecule has 2 amide bonds. The summed E-state index contributed by atoms with van der Waals surface area (Å²) in [5, 5.41) is 3.89. The molecule has 4 heterocycles. The Morgan fingerprint density at radius 3 is 2.73 bits per heavy atom. The van der Waals surface area contributed by atoms with Crippen molar-refractivity contribution in [3.05, 3.63) is 58.9 Å². The number of cyclic esters (lactones) is 1. The number of nitrogens with one attached hydrogen (secondary N) is 1.